The van der Waals surface area contributed by atoms with E-state index in [-0.39, 0.29) is 12.6 Å². The van der Waals surface area contributed by atoms with Gasteiger partial charge in [-0.25, -0.2) is 0 Å². The molecule has 1 atom stereocenters. The molecular formula is C18H23NO2. The van der Waals surface area contributed by atoms with E-state index < -0.39 is 0 Å². The summed E-state index contributed by atoms with van der Waals surface area (Å²) in [6, 6.07) is 16.3. The maximum atomic E-state index is 9.74. The van der Waals surface area contributed by atoms with Crippen LogP contribution in [0.3, 0.4) is 0 Å². The minimum atomic E-state index is -0.0172. The predicted molar refractivity (Wildman–Crippen MR) is 85.5 cm³/mol. The van der Waals surface area contributed by atoms with Crippen LogP contribution in [-0.4, -0.2) is 30.8 Å². The highest BCUT2D eigenvalue weighted by Crippen LogP contribution is 2.23. The van der Waals surface area contributed by atoms with E-state index in [1.54, 1.807) is 7.11 Å². The van der Waals surface area contributed by atoms with Crippen LogP contribution in [0.1, 0.15) is 22.7 Å². The third-order valence-electron chi connectivity index (χ3n) is 3.72. The summed E-state index contributed by atoms with van der Waals surface area (Å²) in [6.07, 6.45) is 0. The minimum Gasteiger partial charge on any atom is -0.497 e. The molecule has 0 aliphatic rings. The van der Waals surface area contributed by atoms with Gasteiger partial charge < -0.3 is 9.84 Å². The summed E-state index contributed by atoms with van der Waals surface area (Å²) in [6.45, 7) is 2.99. The van der Waals surface area contributed by atoms with Gasteiger partial charge in [-0.15, -0.1) is 0 Å². The number of hydrogen-bond acceptors (Lipinski definition) is 3. The standard InChI is InChI=1S/C18H23NO2/c1-14-5-4-6-15(11-14)12-19(2)18(13-20)16-7-9-17(21-3)10-8-16/h4-11,18,20H,12-13H2,1-3H3. The van der Waals surface area contributed by atoms with Gasteiger partial charge in [-0.1, -0.05) is 42.0 Å². The number of aliphatic hydroxyl groups excluding tert-OH is 1. The van der Waals surface area contributed by atoms with Gasteiger partial charge in [-0.3, -0.25) is 4.90 Å². The van der Waals surface area contributed by atoms with Crippen LogP contribution in [-0.2, 0) is 6.54 Å². The molecule has 0 fully saturated rings. The Labute approximate surface area is 126 Å². The van der Waals surface area contributed by atoms with Crippen LogP contribution >= 0.6 is 0 Å². The normalized spacial score (nSPS) is 12.4. The van der Waals surface area contributed by atoms with Crippen molar-refractivity contribution in [1.29, 1.82) is 0 Å². The molecule has 0 aromatic heterocycles. The van der Waals surface area contributed by atoms with Crippen molar-refractivity contribution in [3.05, 3.63) is 65.2 Å². The Morgan fingerprint density at radius 1 is 1.14 bits per heavy atom. The SMILES string of the molecule is COc1ccc(C(CO)N(C)Cc2cccc(C)c2)cc1. The summed E-state index contributed by atoms with van der Waals surface area (Å²) in [7, 11) is 3.69. The molecule has 0 amide bonds. The Balaban J connectivity index is 2.12. The molecule has 0 bridgehead atoms. The fourth-order valence-corrected chi connectivity index (χ4v) is 2.53. The van der Waals surface area contributed by atoms with Crippen molar-refractivity contribution >= 4 is 0 Å². The number of likely N-dealkylation sites (N-methyl/N-ethyl adjacent to an activating group) is 1. The van der Waals surface area contributed by atoms with Crippen molar-refractivity contribution in [2.45, 2.75) is 19.5 Å². The highest BCUT2D eigenvalue weighted by atomic mass is 16.5. The number of benzene rings is 2. The molecule has 2 rings (SSSR count). The molecule has 0 aliphatic heterocycles. The molecule has 21 heavy (non-hydrogen) atoms. The second kappa shape index (κ2) is 7.25. The van der Waals surface area contributed by atoms with Gasteiger partial charge in [0.2, 0.25) is 0 Å². The molecule has 0 saturated heterocycles. The highest BCUT2D eigenvalue weighted by molar-refractivity contribution is 5.29. The van der Waals surface area contributed by atoms with Crippen molar-refractivity contribution in [3.63, 3.8) is 0 Å². The molecule has 1 unspecified atom stereocenters. The smallest absolute Gasteiger partial charge is 0.118 e. The third-order valence-corrected chi connectivity index (χ3v) is 3.72. The van der Waals surface area contributed by atoms with E-state index in [0.717, 1.165) is 17.9 Å². The van der Waals surface area contributed by atoms with Crippen molar-refractivity contribution < 1.29 is 9.84 Å². The molecule has 0 radical (unpaired) electrons. The van der Waals surface area contributed by atoms with Crippen LogP contribution in [0.2, 0.25) is 0 Å². The monoisotopic (exact) mass is 285 g/mol. The van der Waals surface area contributed by atoms with Gasteiger partial charge in [0, 0.05) is 6.54 Å². The van der Waals surface area contributed by atoms with Gasteiger partial charge in [-0.2, -0.15) is 0 Å². The summed E-state index contributed by atoms with van der Waals surface area (Å²) >= 11 is 0. The zero-order chi connectivity index (χ0) is 15.2. The van der Waals surface area contributed by atoms with Gasteiger partial charge in [0.1, 0.15) is 5.75 Å². The van der Waals surface area contributed by atoms with Gasteiger partial charge in [0.05, 0.1) is 19.8 Å². The van der Waals surface area contributed by atoms with Crippen molar-refractivity contribution in [3.8, 4) is 5.75 Å². The number of nitrogens with zero attached hydrogens (tertiary/aromatic N) is 1. The van der Waals surface area contributed by atoms with Crippen LogP contribution in [0.25, 0.3) is 0 Å². The maximum Gasteiger partial charge on any atom is 0.118 e. The zero-order valence-electron chi connectivity index (χ0n) is 12.9. The van der Waals surface area contributed by atoms with E-state index in [1.807, 2.05) is 31.3 Å². The number of aliphatic hydroxyl groups is 1. The number of hydrogen-bond donors (Lipinski definition) is 1. The summed E-state index contributed by atoms with van der Waals surface area (Å²) in [5, 5.41) is 9.74. The van der Waals surface area contributed by atoms with E-state index >= 15 is 0 Å². The number of methoxy groups -OCH3 is 1. The molecule has 0 aliphatic carbocycles. The number of aryl methyl sites for hydroxylation is 1. The van der Waals surface area contributed by atoms with Gasteiger partial charge >= 0.3 is 0 Å². The topological polar surface area (TPSA) is 32.7 Å². The average Bonchev–Trinajstić information content (AvgIpc) is 2.48. The fourth-order valence-electron chi connectivity index (χ4n) is 2.53. The second-order valence-electron chi connectivity index (χ2n) is 5.38. The molecule has 0 heterocycles. The molecule has 112 valence electrons. The Morgan fingerprint density at radius 3 is 2.43 bits per heavy atom. The summed E-state index contributed by atoms with van der Waals surface area (Å²) < 4.78 is 5.18. The molecule has 2 aromatic carbocycles. The summed E-state index contributed by atoms with van der Waals surface area (Å²) in [5.41, 5.74) is 3.60. The lowest BCUT2D eigenvalue weighted by molar-refractivity contribution is 0.142. The summed E-state index contributed by atoms with van der Waals surface area (Å²) in [4.78, 5) is 2.16. The molecular weight excluding hydrogens is 262 g/mol. The van der Waals surface area contributed by atoms with Crippen molar-refractivity contribution in [1.82, 2.24) is 4.90 Å². The van der Waals surface area contributed by atoms with Crippen molar-refractivity contribution in [2.24, 2.45) is 0 Å². The van der Waals surface area contributed by atoms with Crippen LogP contribution in [0.15, 0.2) is 48.5 Å². The molecule has 3 heteroatoms. The molecule has 0 spiro atoms. The van der Waals surface area contributed by atoms with Crippen LogP contribution in [0.5, 0.6) is 5.75 Å². The number of rotatable bonds is 6. The van der Waals surface area contributed by atoms with E-state index in [4.69, 9.17) is 4.74 Å². The quantitative estimate of drug-likeness (QED) is 0.885. The Hall–Kier alpha value is -1.84. The van der Waals surface area contributed by atoms with Gasteiger partial charge in [0.25, 0.3) is 0 Å². The van der Waals surface area contributed by atoms with E-state index in [9.17, 15) is 5.11 Å². The molecule has 0 saturated carbocycles. The minimum absolute atomic E-state index is 0.0172. The zero-order valence-corrected chi connectivity index (χ0v) is 12.9. The van der Waals surface area contributed by atoms with Gasteiger partial charge in [-0.05, 0) is 37.2 Å². The van der Waals surface area contributed by atoms with E-state index in [0.29, 0.717) is 0 Å². The lowest BCUT2D eigenvalue weighted by Gasteiger charge is -2.27. The van der Waals surface area contributed by atoms with E-state index in [1.165, 1.54) is 11.1 Å². The van der Waals surface area contributed by atoms with Crippen LogP contribution in [0.4, 0.5) is 0 Å². The first-order valence-electron chi connectivity index (χ1n) is 7.14. The first kappa shape index (κ1) is 15.5. The lowest BCUT2D eigenvalue weighted by atomic mass is 10.0. The fraction of sp³-hybridized carbons (Fsp3) is 0.333. The van der Waals surface area contributed by atoms with Crippen LogP contribution in [0, 0.1) is 6.92 Å². The first-order valence-corrected chi connectivity index (χ1v) is 7.14. The maximum absolute atomic E-state index is 9.74. The molecule has 1 N–H and O–H groups in total. The lowest BCUT2D eigenvalue weighted by Crippen LogP contribution is -2.26. The van der Waals surface area contributed by atoms with E-state index in [2.05, 4.69) is 36.1 Å². The average molecular weight is 285 g/mol. The second-order valence-corrected chi connectivity index (χ2v) is 5.38. The number of ether oxygens (including phenoxy) is 1. The molecule has 3 nitrogen and oxygen atoms in total. The Kier molecular flexibility index (Phi) is 5.37. The Bertz CT molecular complexity index is 566. The molecule has 2 aromatic rings. The highest BCUT2D eigenvalue weighted by Gasteiger charge is 2.16. The summed E-state index contributed by atoms with van der Waals surface area (Å²) in [5.74, 6) is 0.830. The third kappa shape index (κ3) is 4.06. The van der Waals surface area contributed by atoms with Crippen molar-refractivity contribution in [2.75, 3.05) is 20.8 Å². The Morgan fingerprint density at radius 2 is 1.86 bits per heavy atom. The van der Waals surface area contributed by atoms with Crippen LogP contribution < -0.4 is 4.74 Å². The predicted octanol–water partition coefficient (Wildman–Crippen LogP) is 3.17. The first-order chi connectivity index (χ1) is 10.1. The largest absolute Gasteiger partial charge is 0.497 e. The van der Waals surface area contributed by atoms with Gasteiger partial charge in [0.15, 0.2) is 0 Å².